The molecule has 0 bridgehead atoms. The lowest BCUT2D eigenvalue weighted by atomic mass is 10.1. The van der Waals surface area contributed by atoms with E-state index < -0.39 is 10.8 Å². The Morgan fingerprint density at radius 3 is 2.83 bits per heavy atom. The number of rotatable bonds is 6. The highest BCUT2D eigenvalue weighted by molar-refractivity contribution is 7.84. The van der Waals surface area contributed by atoms with Crippen LogP contribution in [0.1, 0.15) is 18.9 Å². The van der Waals surface area contributed by atoms with Gasteiger partial charge in [-0.05, 0) is 31.0 Å². The maximum absolute atomic E-state index is 11.6. The summed E-state index contributed by atoms with van der Waals surface area (Å²) in [7, 11) is -0.901. The molecule has 3 N–H and O–H groups in total. The van der Waals surface area contributed by atoms with Crippen molar-refractivity contribution in [3.8, 4) is 0 Å². The van der Waals surface area contributed by atoms with Gasteiger partial charge in [0.2, 0.25) is 5.91 Å². The van der Waals surface area contributed by atoms with E-state index in [1.807, 2.05) is 31.2 Å². The van der Waals surface area contributed by atoms with Crippen LogP contribution in [0.25, 0.3) is 0 Å². The number of benzene rings is 1. The van der Waals surface area contributed by atoms with Crippen LogP contribution in [0.3, 0.4) is 0 Å². The fourth-order valence-electron chi connectivity index (χ4n) is 1.47. The van der Waals surface area contributed by atoms with Crippen LogP contribution in [-0.4, -0.2) is 28.2 Å². The number of aryl methyl sites for hydroxylation is 1. The highest BCUT2D eigenvalue weighted by Crippen LogP contribution is 2.08. The van der Waals surface area contributed by atoms with Crippen LogP contribution in [0.2, 0.25) is 0 Å². The average molecular weight is 268 g/mol. The minimum atomic E-state index is -0.901. The van der Waals surface area contributed by atoms with E-state index in [2.05, 4.69) is 5.32 Å². The molecule has 0 aromatic heterocycles. The monoisotopic (exact) mass is 268 g/mol. The first-order valence-electron chi connectivity index (χ1n) is 5.92. The third-order valence-corrected chi connectivity index (χ3v) is 4.05. The summed E-state index contributed by atoms with van der Waals surface area (Å²) in [6.45, 7) is 2.31. The number of hydrogen-bond acceptors (Lipinski definition) is 3. The molecule has 0 heterocycles. The standard InChI is InChI=1S/C13H20N2O2S/c1-10(18(2)17)9-15-13(16)7-6-11-4-3-5-12(14)8-11/h3-5,8,10H,6-7,9,14H2,1-2H3,(H,15,16). The molecule has 0 aliphatic carbocycles. The predicted octanol–water partition coefficient (Wildman–Crippen LogP) is 1.08. The molecule has 0 aliphatic heterocycles. The third kappa shape index (κ3) is 5.31. The van der Waals surface area contributed by atoms with Gasteiger partial charge in [0.25, 0.3) is 0 Å². The van der Waals surface area contributed by atoms with Crippen LogP contribution >= 0.6 is 0 Å². The molecule has 0 saturated heterocycles. The number of nitrogen functional groups attached to an aromatic ring is 1. The Bertz CT molecular complexity index is 435. The van der Waals surface area contributed by atoms with E-state index in [1.54, 1.807) is 6.26 Å². The van der Waals surface area contributed by atoms with E-state index >= 15 is 0 Å². The maximum Gasteiger partial charge on any atom is 0.220 e. The van der Waals surface area contributed by atoms with Crippen LogP contribution in [-0.2, 0) is 22.0 Å². The van der Waals surface area contributed by atoms with Gasteiger partial charge in [0.1, 0.15) is 0 Å². The van der Waals surface area contributed by atoms with Crippen LogP contribution in [0.15, 0.2) is 24.3 Å². The van der Waals surface area contributed by atoms with Gasteiger partial charge in [-0.25, -0.2) is 0 Å². The van der Waals surface area contributed by atoms with E-state index in [0.717, 1.165) is 5.56 Å². The number of anilines is 1. The number of carbonyl (C=O) groups excluding carboxylic acids is 1. The van der Waals surface area contributed by atoms with Crippen LogP contribution < -0.4 is 11.1 Å². The van der Waals surface area contributed by atoms with Crippen molar-refractivity contribution in [2.45, 2.75) is 25.0 Å². The lowest BCUT2D eigenvalue weighted by Gasteiger charge is -2.10. The summed E-state index contributed by atoms with van der Waals surface area (Å²) in [5, 5.41) is 2.77. The second-order valence-electron chi connectivity index (χ2n) is 4.36. The van der Waals surface area contributed by atoms with Gasteiger partial charge in [-0.1, -0.05) is 12.1 Å². The molecule has 1 rings (SSSR count). The largest absolute Gasteiger partial charge is 0.399 e. The van der Waals surface area contributed by atoms with Crippen molar-refractivity contribution < 1.29 is 9.00 Å². The topological polar surface area (TPSA) is 72.2 Å². The molecule has 4 nitrogen and oxygen atoms in total. The molecular formula is C13H20N2O2S. The molecule has 0 spiro atoms. The summed E-state index contributed by atoms with van der Waals surface area (Å²) in [6.07, 6.45) is 2.73. The molecule has 5 heteroatoms. The molecule has 18 heavy (non-hydrogen) atoms. The van der Waals surface area contributed by atoms with Gasteiger partial charge in [-0.3, -0.25) is 9.00 Å². The molecule has 0 fully saturated rings. The Balaban J connectivity index is 2.31. The van der Waals surface area contributed by atoms with Crippen molar-refractivity contribution in [3.05, 3.63) is 29.8 Å². The minimum absolute atomic E-state index is 0.0127. The quantitative estimate of drug-likeness (QED) is 0.758. The molecule has 1 aromatic rings. The van der Waals surface area contributed by atoms with E-state index in [1.165, 1.54) is 0 Å². The van der Waals surface area contributed by atoms with E-state index in [-0.39, 0.29) is 11.2 Å². The van der Waals surface area contributed by atoms with Gasteiger partial charge in [0, 0.05) is 41.0 Å². The zero-order chi connectivity index (χ0) is 13.5. The first-order valence-corrected chi connectivity index (χ1v) is 7.54. The summed E-state index contributed by atoms with van der Waals surface area (Å²) >= 11 is 0. The minimum Gasteiger partial charge on any atom is -0.399 e. The summed E-state index contributed by atoms with van der Waals surface area (Å²) in [5.41, 5.74) is 7.43. The molecule has 0 saturated carbocycles. The van der Waals surface area contributed by atoms with E-state index in [4.69, 9.17) is 5.73 Å². The predicted molar refractivity (Wildman–Crippen MR) is 75.7 cm³/mol. The number of nitrogens with two attached hydrogens (primary N) is 1. The Labute approximate surface area is 110 Å². The van der Waals surface area contributed by atoms with Crippen molar-refractivity contribution >= 4 is 22.4 Å². The third-order valence-electron chi connectivity index (χ3n) is 2.75. The SMILES string of the molecule is CC(CNC(=O)CCc1cccc(N)c1)S(C)=O. The highest BCUT2D eigenvalue weighted by atomic mass is 32.2. The highest BCUT2D eigenvalue weighted by Gasteiger charge is 2.08. The summed E-state index contributed by atoms with van der Waals surface area (Å²) in [5.74, 6) is -0.0188. The number of nitrogens with one attached hydrogen (secondary N) is 1. The molecule has 0 radical (unpaired) electrons. The Hall–Kier alpha value is -1.36. The van der Waals surface area contributed by atoms with Crippen molar-refractivity contribution in [1.82, 2.24) is 5.32 Å². The van der Waals surface area contributed by atoms with Crippen molar-refractivity contribution in [1.29, 1.82) is 0 Å². The molecule has 1 amide bonds. The lowest BCUT2D eigenvalue weighted by Crippen LogP contribution is -2.32. The van der Waals surface area contributed by atoms with Gasteiger partial charge in [0.15, 0.2) is 0 Å². The summed E-state index contributed by atoms with van der Waals surface area (Å²) in [4.78, 5) is 11.6. The average Bonchev–Trinajstić information content (AvgIpc) is 2.33. The molecule has 100 valence electrons. The normalized spacial score (nSPS) is 13.9. The first-order chi connectivity index (χ1) is 8.49. The number of hydrogen-bond donors (Lipinski definition) is 2. The smallest absolute Gasteiger partial charge is 0.220 e. The van der Waals surface area contributed by atoms with Gasteiger partial charge in [-0.2, -0.15) is 0 Å². The zero-order valence-corrected chi connectivity index (χ0v) is 11.6. The van der Waals surface area contributed by atoms with Gasteiger partial charge >= 0.3 is 0 Å². The second kappa shape index (κ2) is 7.16. The van der Waals surface area contributed by atoms with Gasteiger partial charge < -0.3 is 11.1 Å². The summed E-state index contributed by atoms with van der Waals surface area (Å²) in [6, 6.07) is 7.52. The van der Waals surface area contributed by atoms with Gasteiger partial charge in [0.05, 0.1) is 0 Å². The zero-order valence-electron chi connectivity index (χ0n) is 10.8. The Kier molecular flexibility index (Phi) is 5.85. The molecule has 2 atom stereocenters. The Morgan fingerprint density at radius 2 is 2.22 bits per heavy atom. The molecule has 2 unspecified atom stereocenters. The summed E-state index contributed by atoms with van der Waals surface area (Å²) < 4.78 is 11.1. The maximum atomic E-state index is 11.6. The lowest BCUT2D eigenvalue weighted by molar-refractivity contribution is -0.121. The fraction of sp³-hybridized carbons (Fsp3) is 0.462. The van der Waals surface area contributed by atoms with Crippen LogP contribution in [0.4, 0.5) is 5.69 Å². The number of amides is 1. The Morgan fingerprint density at radius 1 is 1.50 bits per heavy atom. The second-order valence-corrected chi connectivity index (χ2v) is 6.16. The van der Waals surface area contributed by atoms with E-state index in [0.29, 0.717) is 25.1 Å². The molecular weight excluding hydrogens is 248 g/mol. The van der Waals surface area contributed by atoms with Crippen LogP contribution in [0, 0.1) is 0 Å². The molecule has 1 aromatic carbocycles. The van der Waals surface area contributed by atoms with Crippen molar-refractivity contribution in [3.63, 3.8) is 0 Å². The molecule has 0 aliphatic rings. The first kappa shape index (κ1) is 14.7. The van der Waals surface area contributed by atoms with Crippen molar-refractivity contribution in [2.24, 2.45) is 0 Å². The van der Waals surface area contributed by atoms with Crippen LogP contribution in [0.5, 0.6) is 0 Å². The van der Waals surface area contributed by atoms with Crippen molar-refractivity contribution in [2.75, 3.05) is 18.5 Å². The fourth-order valence-corrected chi connectivity index (χ4v) is 1.79. The van der Waals surface area contributed by atoms with Gasteiger partial charge in [-0.15, -0.1) is 0 Å². The number of carbonyl (C=O) groups is 1. The van der Waals surface area contributed by atoms with E-state index in [9.17, 15) is 9.00 Å².